The fraction of sp³-hybridized carbons (Fsp3) is 0.419. The molecule has 5 heteroatoms. The van der Waals surface area contributed by atoms with Crippen molar-refractivity contribution < 1.29 is 23.0 Å². The molecule has 192 valence electrons. The monoisotopic (exact) mass is 494 g/mol. The lowest BCUT2D eigenvalue weighted by Crippen LogP contribution is -2.29. The van der Waals surface area contributed by atoms with Gasteiger partial charge < -0.3 is 14.2 Å². The van der Waals surface area contributed by atoms with Crippen LogP contribution in [0.4, 0.5) is 8.78 Å². The summed E-state index contributed by atoms with van der Waals surface area (Å²) in [6.45, 7) is 2.03. The quantitative estimate of drug-likeness (QED) is 0.267. The Morgan fingerprint density at radius 1 is 0.750 bits per heavy atom. The van der Waals surface area contributed by atoms with Crippen LogP contribution in [0.15, 0.2) is 60.7 Å². The van der Waals surface area contributed by atoms with Crippen LogP contribution in [-0.4, -0.2) is 27.1 Å². The Morgan fingerprint density at radius 2 is 1.33 bits per heavy atom. The van der Waals surface area contributed by atoms with E-state index in [2.05, 4.69) is 24.3 Å². The van der Waals surface area contributed by atoms with Crippen LogP contribution in [-0.2, 0) is 15.9 Å². The Balaban J connectivity index is 1.33. The van der Waals surface area contributed by atoms with Crippen LogP contribution < -0.4 is 4.74 Å². The average Bonchev–Trinajstić information content (AvgIpc) is 2.92. The number of hydrogen-bond donors (Lipinski definition) is 0. The van der Waals surface area contributed by atoms with Gasteiger partial charge in [0.1, 0.15) is 0 Å². The molecule has 1 aliphatic carbocycles. The van der Waals surface area contributed by atoms with E-state index in [1.54, 1.807) is 27.2 Å². The van der Waals surface area contributed by atoms with Crippen LogP contribution in [0.1, 0.15) is 44.6 Å². The van der Waals surface area contributed by atoms with Crippen molar-refractivity contribution in [2.45, 2.75) is 51.7 Å². The fourth-order valence-corrected chi connectivity index (χ4v) is 5.33. The van der Waals surface area contributed by atoms with Gasteiger partial charge in [-0.3, -0.25) is 0 Å². The lowest BCUT2D eigenvalue weighted by Gasteiger charge is -2.32. The Hall–Kier alpha value is -2.76. The standard InChI is InChI=1S/C31H36F2O3/c1-4-36-28-20-19-27(29(32)30(28)33)25-17-15-24(16-18-25)23-11-7-21(8-12-23)5-6-22-9-13-26(14-10-22)31(34-2)35-3/h7-8,11-12,15-20,22,26,31H,4-6,9-10,13-14H2,1-3H3. The van der Waals surface area contributed by atoms with Crippen molar-refractivity contribution in [3.63, 3.8) is 0 Å². The first-order valence-corrected chi connectivity index (χ1v) is 12.9. The van der Waals surface area contributed by atoms with E-state index in [1.165, 1.54) is 43.7 Å². The van der Waals surface area contributed by atoms with Gasteiger partial charge in [-0.25, -0.2) is 4.39 Å². The van der Waals surface area contributed by atoms with Gasteiger partial charge in [-0.15, -0.1) is 0 Å². The van der Waals surface area contributed by atoms with Gasteiger partial charge in [0.2, 0.25) is 5.82 Å². The molecule has 0 N–H and O–H groups in total. The Morgan fingerprint density at radius 3 is 1.92 bits per heavy atom. The molecule has 3 aromatic carbocycles. The summed E-state index contributed by atoms with van der Waals surface area (Å²) in [4.78, 5) is 0. The molecule has 0 spiro atoms. The molecule has 1 aliphatic rings. The van der Waals surface area contributed by atoms with Crippen molar-refractivity contribution in [1.29, 1.82) is 0 Å². The number of rotatable bonds is 10. The van der Waals surface area contributed by atoms with Crippen molar-refractivity contribution in [3.05, 3.63) is 77.9 Å². The molecule has 1 saturated carbocycles. The summed E-state index contributed by atoms with van der Waals surface area (Å²) in [6, 6.07) is 19.3. The third-order valence-electron chi connectivity index (χ3n) is 7.41. The average molecular weight is 495 g/mol. The first-order valence-electron chi connectivity index (χ1n) is 12.9. The summed E-state index contributed by atoms with van der Waals surface area (Å²) in [5.41, 5.74) is 4.35. The van der Waals surface area contributed by atoms with Gasteiger partial charge in [0.15, 0.2) is 17.9 Å². The minimum absolute atomic E-state index is 0.0611. The highest BCUT2D eigenvalue weighted by atomic mass is 19.2. The first kappa shape index (κ1) is 26.3. The Bertz CT molecular complexity index is 1100. The molecule has 0 heterocycles. The minimum Gasteiger partial charge on any atom is -0.491 e. The predicted molar refractivity (Wildman–Crippen MR) is 140 cm³/mol. The van der Waals surface area contributed by atoms with E-state index >= 15 is 0 Å². The van der Waals surface area contributed by atoms with Gasteiger partial charge in [-0.1, -0.05) is 48.5 Å². The summed E-state index contributed by atoms with van der Waals surface area (Å²) in [5, 5.41) is 0. The third-order valence-corrected chi connectivity index (χ3v) is 7.41. The number of benzene rings is 3. The second-order valence-electron chi connectivity index (χ2n) is 9.61. The lowest BCUT2D eigenvalue weighted by molar-refractivity contribution is -0.145. The zero-order valence-electron chi connectivity index (χ0n) is 21.4. The van der Waals surface area contributed by atoms with Gasteiger partial charge in [-0.05, 0) is 85.8 Å². The van der Waals surface area contributed by atoms with Crippen LogP contribution in [0.2, 0.25) is 0 Å². The van der Waals surface area contributed by atoms with Crippen molar-refractivity contribution in [2.24, 2.45) is 11.8 Å². The van der Waals surface area contributed by atoms with Crippen LogP contribution in [0, 0.1) is 23.5 Å². The highest BCUT2D eigenvalue weighted by molar-refractivity contribution is 5.71. The molecule has 3 aromatic rings. The molecule has 0 aliphatic heterocycles. The summed E-state index contributed by atoms with van der Waals surface area (Å²) in [5.74, 6) is -0.628. The summed E-state index contributed by atoms with van der Waals surface area (Å²) in [7, 11) is 3.45. The molecule has 4 rings (SSSR count). The lowest BCUT2D eigenvalue weighted by atomic mass is 9.79. The van der Waals surface area contributed by atoms with E-state index < -0.39 is 11.6 Å². The highest BCUT2D eigenvalue weighted by Gasteiger charge is 2.27. The summed E-state index contributed by atoms with van der Waals surface area (Å²) >= 11 is 0. The molecule has 36 heavy (non-hydrogen) atoms. The van der Waals surface area contributed by atoms with E-state index in [0.717, 1.165) is 23.5 Å². The number of methoxy groups -OCH3 is 2. The zero-order valence-corrected chi connectivity index (χ0v) is 21.4. The molecule has 0 bridgehead atoms. The largest absolute Gasteiger partial charge is 0.491 e. The molecule has 0 aromatic heterocycles. The van der Waals surface area contributed by atoms with Crippen molar-refractivity contribution in [2.75, 3.05) is 20.8 Å². The maximum atomic E-state index is 14.6. The van der Waals surface area contributed by atoms with E-state index in [9.17, 15) is 8.78 Å². The van der Waals surface area contributed by atoms with Crippen LogP contribution in [0.3, 0.4) is 0 Å². The molecule has 0 radical (unpaired) electrons. The Kier molecular flexibility index (Phi) is 9.11. The molecule has 0 atom stereocenters. The van der Waals surface area contributed by atoms with E-state index in [4.69, 9.17) is 14.2 Å². The number of aryl methyl sites for hydroxylation is 1. The SMILES string of the molecule is CCOc1ccc(-c2ccc(-c3ccc(CCC4CCC(C(OC)OC)CC4)cc3)cc2)c(F)c1F. The van der Waals surface area contributed by atoms with Crippen molar-refractivity contribution in [1.82, 2.24) is 0 Å². The molecule has 0 amide bonds. The predicted octanol–water partition coefficient (Wildman–Crippen LogP) is 8.06. The van der Waals surface area contributed by atoms with E-state index in [-0.39, 0.29) is 24.2 Å². The summed E-state index contributed by atoms with van der Waals surface area (Å²) < 4.78 is 44.9. The van der Waals surface area contributed by atoms with Gasteiger partial charge in [0, 0.05) is 25.7 Å². The van der Waals surface area contributed by atoms with Crippen LogP contribution in [0.25, 0.3) is 22.3 Å². The molecule has 3 nitrogen and oxygen atoms in total. The number of hydrogen-bond acceptors (Lipinski definition) is 3. The summed E-state index contributed by atoms with van der Waals surface area (Å²) in [6.07, 6.45) is 7.01. The second kappa shape index (κ2) is 12.5. The molecule has 0 unspecified atom stereocenters. The topological polar surface area (TPSA) is 27.7 Å². The molecular weight excluding hydrogens is 458 g/mol. The minimum atomic E-state index is -0.948. The number of ether oxygens (including phenoxy) is 3. The van der Waals surface area contributed by atoms with E-state index in [1.807, 2.05) is 24.3 Å². The van der Waals surface area contributed by atoms with Crippen LogP contribution >= 0.6 is 0 Å². The van der Waals surface area contributed by atoms with Gasteiger partial charge in [-0.2, -0.15) is 4.39 Å². The second-order valence-corrected chi connectivity index (χ2v) is 9.61. The molecule has 1 fully saturated rings. The van der Waals surface area contributed by atoms with Crippen LogP contribution in [0.5, 0.6) is 5.75 Å². The number of halogens is 2. The first-order chi connectivity index (χ1) is 17.5. The molecular formula is C31H36F2O3. The van der Waals surface area contributed by atoms with Crippen molar-refractivity contribution in [3.8, 4) is 28.0 Å². The van der Waals surface area contributed by atoms with Gasteiger partial charge >= 0.3 is 0 Å². The highest BCUT2D eigenvalue weighted by Crippen LogP contribution is 2.35. The maximum absolute atomic E-state index is 14.6. The van der Waals surface area contributed by atoms with Gasteiger partial charge in [0.25, 0.3) is 0 Å². The van der Waals surface area contributed by atoms with Gasteiger partial charge in [0.05, 0.1) is 6.61 Å². The Labute approximate surface area is 213 Å². The maximum Gasteiger partial charge on any atom is 0.201 e. The zero-order chi connectivity index (χ0) is 25.5. The van der Waals surface area contributed by atoms with E-state index in [0.29, 0.717) is 11.5 Å². The third kappa shape index (κ3) is 6.13. The van der Waals surface area contributed by atoms with Crippen molar-refractivity contribution >= 4 is 0 Å². The fourth-order valence-electron chi connectivity index (χ4n) is 5.33. The molecule has 0 saturated heterocycles. The smallest absolute Gasteiger partial charge is 0.201 e. The normalized spacial score (nSPS) is 17.9.